The van der Waals surface area contributed by atoms with Crippen LogP contribution in [0.1, 0.15) is 78.9 Å². The molecule has 7 rings (SSSR count). The highest BCUT2D eigenvalue weighted by Gasteiger charge is 2.44. The SMILES string of the molecule is CO[C@H]1/C=C/C[C@H](C)CS(=O)(NC(=O)NC2CC(O)C2)=NC(=O)c2ccc3c(c2)N(C[C@@H]2CC[C@H]21)C[C@@]1(CCCc2cc(C)ccc21)CO3. The fourth-order valence-electron chi connectivity index (χ4n) is 8.59. The van der Waals surface area contributed by atoms with E-state index in [9.17, 15) is 18.9 Å². The Morgan fingerprint density at radius 1 is 1.18 bits per heavy atom. The van der Waals surface area contributed by atoms with Gasteiger partial charge in [0.05, 0.1) is 30.3 Å². The molecule has 2 heterocycles. The second-order valence-corrected chi connectivity index (χ2v) is 17.2. The van der Waals surface area contributed by atoms with Crippen molar-refractivity contribution < 1.29 is 28.4 Å². The number of aryl methyl sites for hydroxylation is 2. The Morgan fingerprint density at radius 2 is 2.02 bits per heavy atom. The third-order valence-electron chi connectivity index (χ3n) is 11.4. The summed E-state index contributed by atoms with van der Waals surface area (Å²) in [6.07, 6.45) is 10.5. The summed E-state index contributed by atoms with van der Waals surface area (Å²) in [5.74, 6) is 0.723. The summed E-state index contributed by atoms with van der Waals surface area (Å²) in [5, 5.41) is 12.4. The van der Waals surface area contributed by atoms with E-state index < -0.39 is 28.0 Å². The first-order valence-corrected chi connectivity index (χ1v) is 19.6. The first-order chi connectivity index (χ1) is 23.5. The van der Waals surface area contributed by atoms with Crippen LogP contribution >= 0.6 is 0 Å². The molecule has 2 aromatic carbocycles. The van der Waals surface area contributed by atoms with Gasteiger partial charge in [-0.25, -0.2) is 9.00 Å². The summed E-state index contributed by atoms with van der Waals surface area (Å²) in [5.41, 5.74) is 4.96. The third-order valence-corrected chi connectivity index (χ3v) is 13.4. The monoisotopic (exact) mass is 690 g/mol. The van der Waals surface area contributed by atoms with Gasteiger partial charge >= 0.3 is 6.03 Å². The Labute approximate surface area is 290 Å². The first kappa shape index (κ1) is 34.1. The topological polar surface area (TPSA) is 130 Å². The number of ether oxygens (including phenoxy) is 2. The predicted octanol–water partition coefficient (Wildman–Crippen LogP) is 5.45. The number of rotatable bonds is 3. The average molecular weight is 691 g/mol. The number of nitrogens with zero attached hydrogens (tertiary/aromatic N) is 2. The van der Waals surface area contributed by atoms with Gasteiger partial charge < -0.3 is 24.8 Å². The molecular formula is C38H50N4O6S. The second kappa shape index (κ2) is 13.7. The Balaban J connectivity index is 1.27. The van der Waals surface area contributed by atoms with Crippen LogP contribution in [0.2, 0.25) is 0 Å². The normalized spacial score (nSPS) is 34.9. The van der Waals surface area contributed by atoms with E-state index in [1.54, 1.807) is 13.2 Å². The maximum absolute atomic E-state index is 14.3. The minimum atomic E-state index is -3.49. The van der Waals surface area contributed by atoms with Crippen molar-refractivity contribution in [3.63, 3.8) is 0 Å². The maximum atomic E-state index is 14.3. The van der Waals surface area contributed by atoms with Gasteiger partial charge in [0, 0.05) is 37.2 Å². The van der Waals surface area contributed by atoms with Crippen LogP contribution in [0.5, 0.6) is 5.75 Å². The van der Waals surface area contributed by atoms with Gasteiger partial charge in [-0.3, -0.25) is 9.52 Å². The number of amides is 3. The molecule has 10 nitrogen and oxygen atoms in total. The Kier molecular flexibility index (Phi) is 9.53. The van der Waals surface area contributed by atoms with E-state index >= 15 is 0 Å². The van der Waals surface area contributed by atoms with Crippen LogP contribution < -0.4 is 19.7 Å². The molecule has 1 unspecified atom stereocenters. The van der Waals surface area contributed by atoms with Crippen LogP contribution in [0.25, 0.3) is 0 Å². The van der Waals surface area contributed by atoms with Gasteiger partial charge in [0.15, 0.2) is 0 Å². The molecule has 0 saturated heterocycles. The molecule has 6 atom stereocenters. The van der Waals surface area contributed by atoms with E-state index in [1.165, 1.54) is 16.7 Å². The number of nitrogens with one attached hydrogen (secondary N) is 2. The Bertz CT molecular complexity index is 1750. The molecule has 3 aliphatic carbocycles. The molecule has 2 saturated carbocycles. The zero-order valence-electron chi connectivity index (χ0n) is 28.9. The second-order valence-electron chi connectivity index (χ2n) is 15.2. The number of methoxy groups -OCH3 is 1. The largest absolute Gasteiger partial charge is 0.490 e. The van der Waals surface area contributed by atoms with Gasteiger partial charge in [-0.2, -0.15) is 0 Å². The van der Waals surface area contributed by atoms with Gasteiger partial charge in [0.2, 0.25) is 0 Å². The number of aliphatic hydroxyl groups excluding tert-OH is 1. The molecule has 5 aliphatic rings. The molecule has 0 aromatic heterocycles. The zero-order chi connectivity index (χ0) is 34.3. The number of carbonyl (C=O) groups is 2. The van der Waals surface area contributed by atoms with Crippen LogP contribution in [-0.2, 0) is 26.5 Å². The number of anilines is 1. The lowest BCUT2D eigenvalue weighted by Gasteiger charge is -2.46. The number of urea groups is 1. The van der Waals surface area contributed by atoms with E-state index in [0.29, 0.717) is 43.3 Å². The standard InChI is InChI=1S/C38H50N4O6S/c1-24-9-13-32-26(16-24)7-5-15-38(32)22-42-20-28-10-12-31(28)34(47-3)8-4-6-25(2)21-49(46,41-37(45)39-29-18-30(43)19-29)40-36(44)27-11-14-35(48-23-38)33(42)17-27/h4,8-9,11,13-14,16-17,25,28-31,34,43H,5-7,10,12,15,18-23H2,1-3H3,(H2,39,40,41,44,45,46)/b8-4+/t25-,28-,29?,30?,31+,34-,38-,49?/m0/s1. The van der Waals surface area contributed by atoms with Gasteiger partial charge in [-0.1, -0.05) is 42.8 Å². The van der Waals surface area contributed by atoms with Gasteiger partial charge in [0.25, 0.3) is 5.91 Å². The molecule has 1 spiro atoms. The number of allylic oxidation sites excluding steroid dienone is 1. The summed E-state index contributed by atoms with van der Waals surface area (Å²) < 4.78 is 33.8. The minimum absolute atomic E-state index is 0.00900. The molecule has 0 radical (unpaired) electrons. The third kappa shape index (κ3) is 7.12. The lowest BCUT2D eigenvalue weighted by Crippen LogP contribution is -2.51. The molecular weight excluding hydrogens is 641 g/mol. The van der Waals surface area contributed by atoms with Crippen LogP contribution in [0.15, 0.2) is 52.9 Å². The van der Waals surface area contributed by atoms with E-state index in [2.05, 4.69) is 56.6 Å². The molecule has 3 N–H and O–H groups in total. The maximum Gasteiger partial charge on any atom is 0.327 e. The van der Waals surface area contributed by atoms with Gasteiger partial charge in [0.1, 0.15) is 15.7 Å². The lowest BCUT2D eigenvalue weighted by atomic mass is 9.68. The number of hydrogen-bond donors (Lipinski definition) is 3. The first-order valence-electron chi connectivity index (χ1n) is 17.9. The average Bonchev–Trinajstić information content (AvgIpc) is 3.17. The van der Waals surface area contributed by atoms with Crippen molar-refractivity contribution >= 4 is 27.5 Å². The van der Waals surface area contributed by atoms with Gasteiger partial charge in [-0.15, -0.1) is 4.36 Å². The number of carbonyl (C=O) groups excluding carboxylic acids is 2. The smallest absolute Gasteiger partial charge is 0.327 e. The van der Waals surface area contributed by atoms with Gasteiger partial charge in [-0.05, 0) is 105 Å². The molecule has 49 heavy (non-hydrogen) atoms. The van der Waals surface area contributed by atoms with Crippen molar-refractivity contribution in [1.29, 1.82) is 0 Å². The molecule has 2 aromatic rings. The summed E-state index contributed by atoms with van der Waals surface area (Å²) >= 11 is 0. The highest BCUT2D eigenvalue weighted by Crippen LogP contribution is 2.47. The minimum Gasteiger partial charge on any atom is -0.490 e. The number of benzene rings is 2. The summed E-state index contributed by atoms with van der Waals surface area (Å²) in [6, 6.07) is 11.3. The van der Waals surface area contributed by atoms with Crippen molar-refractivity contribution in [2.24, 2.45) is 22.1 Å². The molecule has 11 heteroatoms. The predicted molar refractivity (Wildman–Crippen MR) is 190 cm³/mol. The quantitative estimate of drug-likeness (QED) is 0.366. The number of aliphatic hydroxyl groups is 1. The van der Waals surface area contributed by atoms with Crippen molar-refractivity contribution in [1.82, 2.24) is 10.0 Å². The fraction of sp³-hybridized carbons (Fsp3) is 0.579. The van der Waals surface area contributed by atoms with Crippen molar-refractivity contribution in [2.75, 3.05) is 37.5 Å². The highest BCUT2D eigenvalue weighted by atomic mass is 32.2. The van der Waals surface area contributed by atoms with Crippen LogP contribution in [0, 0.1) is 24.7 Å². The fourth-order valence-corrected chi connectivity index (χ4v) is 10.4. The molecule has 3 amide bonds. The molecule has 2 aliphatic heterocycles. The van der Waals surface area contributed by atoms with Crippen molar-refractivity contribution in [3.8, 4) is 5.75 Å². The van der Waals surface area contributed by atoms with E-state index in [0.717, 1.165) is 56.6 Å². The Hall–Kier alpha value is -3.41. The lowest BCUT2D eigenvalue weighted by molar-refractivity contribution is 0.0131. The summed E-state index contributed by atoms with van der Waals surface area (Å²) in [7, 11) is -1.73. The van der Waals surface area contributed by atoms with E-state index in [1.807, 2.05) is 19.1 Å². The molecule has 2 fully saturated rings. The van der Waals surface area contributed by atoms with Crippen molar-refractivity contribution in [2.45, 2.75) is 88.9 Å². The van der Waals surface area contributed by atoms with E-state index in [4.69, 9.17) is 9.47 Å². The van der Waals surface area contributed by atoms with E-state index in [-0.39, 0.29) is 29.2 Å². The summed E-state index contributed by atoms with van der Waals surface area (Å²) in [6.45, 7) is 6.20. The molecule has 2 bridgehead atoms. The van der Waals surface area contributed by atoms with Crippen LogP contribution in [0.3, 0.4) is 0 Å². The highest BCUT2D eigenvalue weighted by molar-refractivity contribution is 7.92. The number of fused-ring (bicyclic) bond motifs is 4. The number of hydrogen-bond acceptors (Lipinski definition) is 7. The zero-order valence-corrected chi connectivity index (χ0v) is 29.7. The van der Waals surface area contributed by atoms with Crippen LogP contribution in [0.4, 0.5) is 10.5 Å². The Morgan fingerprint density at radius 3 is 2.78 bits per heavy atom. The van der Waals surface area contributed by atoms with Crippen LogP contribution in [-0.4, -0.2) is 72.1 Å². The molecule has 264 valence electrons. The van der Waals surface area contributed by atoms with Crippen molar-refractivity contribution in [3.05, 3.63) is 70.8 Å². The summed E-state index contributed by atoms with van der Waals surface area (Å²) in [4.78, 5) is 29.2.